The van der Waals surface area contributed by atoms with Crippen LogP contribution in [0.5, 0.6) is 0 Å². The maximum atomic E-state index is 5.67. The topological polar surface area (TPSA) is 41.3 Å². The maximum Gasteiger partial charge on any atom is 0.208 e. The Labute approximate surface area is 103 Å². The molecule has 1 fully saturated rings. The number of aryl methyl sites for hydroxylation is 1. The summed E-state index contributed by atoms with van der Waals surface area (Å²) >= 11 is 0. The second-order valence-corrected chi connectivity index (χ2v) is 5.45. The van der Waals surface area contributed by atoms with Crippen molar-refractivity contribution in [2.24, 2.45) is 0 Å². The molecule has 0 aliphatic carbocycles. The Hall–Kier alpha value is -0.870. The van der Waals surface area contributed by atoms with Crippen molar-refractivity contribution in [3.8, 4) is 0 Å². The van der Waals surface area contributed by atoms with Crippen molar-refractivity contribution in [3.63, 3.8) is 0 Å². The lowest BCUT2D eigenvalue weighted by Crippen LogP contribution is -2.46. The third-order valence-electron chi connectivity index (χ3n) is 3.18. The quantitative estimate of drug-likeness (QED) is 0.870. The minimum absolute atomic E-state index is 0.177. The van der Waals surface area contributed by atoms with Crippen molar-refractivity contribution in [3.05, 3.63) is 17.8 Å². The molecule has 0 amide bonds. The zero-order chi connectivity index (χ0) is 12.3. The second kappa shape index (κ2) is 5.19. The molecule has 4 heteroatoms. The Morgan fingerprint density at radius 2 is 2.35 bits per heavy atom. The maximum absolute atomic E-state index is 5.67. The molecular weight excluding hydrogens is 214 g/mol. The minimum Gasteiger partial charge on any atom is -0.444 e. The van der Waals surface area contributed by atoms with E-state index in [1.165, 1.54) is 6.42 Å². The van der Waals surface area contributed by atoms with Crippen molar-refractivity contribution < 1.29 is 4.42 Å². The molecule has 0 spiro atoms. The van der Waals surface area contributed by atoms with E-state index >= 15 is 0 Å². The average Bonchev–Trinajstić information content (AvgIpc) is 2.64. The van der Waals surface area contributed by atoms with Crippen molar-refractivity contribution in [1.82, 2.24) is 15.2 Å². The number of nitrogens with one attached hydrogen (secondary N) is 1. The Kier molecular flexibility index (Phi) is 3.84. The van der Waals surface area contributed by atoms with E-state index in [4.69, 9.17) is 4.42 Å². The van der Waals surface area contributed by atoms with Gasteiger partial charge in [0.05, 0.1) is 12.7 Å². The molecule has 0 aromatic carbocycles. The largest absolute Gasteiger partial charge is 0.444 e. The first-order valence-corrected chi connectivity index (χ1v) is 6.50. The molecule has 1 aliphatic heterocycles. The first-order valence-electron chi connectivity index (χ1n) is 6.50. The van der Waals surface area contributed by atoms with Gasteiger partial charge in [0.15, 0.2) is 0 Å². The predicted octanol–water partition coefficient (Wildman–Crippen LogP) is 1.81. The lowest BCUT2D eigenvalue weighted by atomic mass is 10.1. The van der Waals surface area contributed by atoms with E-state index in [2.05, 4.69) is 36.0 Å². The van der Waals surface area contributed by atoms with E-state index in [-0.39, 0.29) is 5.54 Å². The molecule has 2 heterocycles. The fourth-order valence-electron chi connectivity index (χ4n) is 2.33. The van der Waals surface area contributed by atoms with Gasteiger partial charge in [-0.3, -0.25) is 4.90 Å². The van der Waals surface area contributed by atoms with Crippen LogP contribution in [-0.4, -0.2) is 35.1 Å². The smallest absolute Gasteiger partial charge is 0.208 e. The van der Waals surface area contributed by atoms with Gasteiger partial charge in [-0.05, 0) is 33.4 Å². The zero-order valence-electron chi connectivity index (χ0n) is 11.1. The monoisotopic (exact) mass is 237 g/mol. The van der Waals surface area contributed by atoms with Crippen LogP contribution in [0.2, 0.25) is 0 Å². The molecule has 0 atom stereocenters. The number of hydrogen-bond acceptors (Lipinski definition) is 4. The number of rotatable bonds is 3. The van der Waals surface area contributed by atoms with E-state index in [0.29, 0.717) is 0 Å². The number of oxazole rings is 1. The summed E-state index contributed by atoms with van der Waals surface area (Å²) in [4.78, 5) is 6.75. The molecule has 1 N–H and O–H groups in total. The molecule has 1 aromatic heterocycles. The van der Waals surface area contributed by atoms with Crippen LogP contribution in [0.25, 0.3) is 0 Å². The van der Waals surface area contributed by atoms with E-state index in [1.807, 2.05) is 6.20 Å². The first kappa shape index (κ1) is 12.6. The molecule has 0 unspecified atom stereocenters. The SMILES string of the molecule is CCc1cnc(CN2CCCNC(C)(C)C2)o1. The van der Waals surface area contributed by atoms with Gasteiger partial charge in [-0.15, -0.1) is 0 Å². The molecule has 2 rings (SSSR count). The lowest BCUT2D eigenvalue weighted by molar-refractivity contribution is 0.204. The highest BCUT2D eigenvalue weighted by molar-refractivity contribution is 4.94. The van der Waals surface area contributed by atoms with Gasteiger partial charge in [0.25, 0.3) is 0 Å². The highest BCUT2D eigenvalue weighted by Crippen LogP contribution is 2.14. The fraction of sp³-hybridized carbons (Fsp3) is 0.769. The summed E-state index contributed by atoms with van der Waals surface area (Å²) in [5.74, 6) is 1.83. The summed E-state index contributed by atoms with van der Waals surface area (Å²) in [7, 11) is 0. The molecule has 4 nitrogen and oxygen atoms in total. The van der Waals surface area contributed by atoms with Crippen LogP contribution >= 0.6 is 0 Å². The second-order valence-electron chi connectivity index (χ2n) is 5.45. The van der Waals surface area contributed by atoms with Gasteiger partial charge in [-0.1, -0.05) is 6.92 Å². The van der Waals surface area contributed by atoms with Crippen LogP contribution in [-0.2, 0) is 13.0 Å². The summed E-state index contributed by atoms with van der Waals surface area (Å²) in [6, 6.07) is 0. The zero-order valence-corrected chi connectivity index (χ0v) is 11.1. The van der Waals surface area contributed by atoms with E-state index < -0.39 is 0 Å². The Morgan fingerprint density at radius 3 is 3.06 bits per heavy atom. The summed E-state index contributed by atoms with van der Waals surface area (Å²) in [5.41, 5.74) is 0.177. The Balaban J connectivity index is 1.97. The molecule has 0 saturated carbocycles. The van der Waals surface area contributed by atoms with E-state index in [0.717, 1.165) is 44.3 Å². The summed E-state index contributed by atoms with van der Waals surface area (Å²) in [6.07, 6.45) is 3.95. The molecule has 17 heavy (non-hydrogen) atoms. The number of aromatic nitrogens is 1. The van der Waals surface area contributed by atoms with Crippen LogP contribution in [0.3, 0.4) is 0 Å². The van der Waals surface area contributed by atoms with Crippen LogP contribution in [0.4, 0.5) is 0 Å². The van der Waals surface area contributed by atoms with Gasteiger partial charge in [0.2, 0.25) is 5.89 Å². The highest BCUT2D eigenvalue weighted by atomic mass is 16.4. The average molecular weight is 237 g/mol. The summed E-state index contributed by atoms with van der Waals surface area (Å²) < 4.78 is 5.67. The van der Waals surface area contributed by atoms with E-state index in [9.17, 15) is 0 Å². The van der Waals surface area contributed by atoms with Gasteiger partial charge in [-0.2, -0.15) is 0 Å². The fourth-order valence-corrected chi connectivity index (χ4v) is 2.33. The van der Waals surface area contributed by atoms with Gasteiger partial charge >= 0.3 is 0 Å². The highest BCUT2D eigenvalue weighted by Gasteiger charge is 2.24. The van der Waals surface area contributed by atoms with Crippen molar-refractivity contribution in [2.45, 2.75) is 45.7 Å². The lowest BCUT2D eigenvalue weighted by Gasteiger charge is -2.29. The molecule has 0 bridgehead atoms. The summed E-state index contributed by atoms with van der Waals surface area (Å²) in [6.45, 7) is 10.7. The van der Waals surface area contributed by atoms with Crippen LogP contribution in [0, 0.1) is 0 Å². The summed E-state index contributed by atoms with van der Waals surface area (Å²) in [5, 5.41) is 3.56. The predicted molar refractivity (Wildman–Crippen MR) is 67.9 cm³/mol. The molecule has 1 aliphatic rings. The standard InChI is InChI=1S/C13H23N3O/c1-4-11-8-14-12(17-11)9-16-7-5-6-15-13(2,3)10-16/h8,15H,4-7,9-10H2,1-3H3. The third-order valence-corrected chi connectivity index (χ3v) is 3.18. The normalized spacial score (nSPS) is 21.4. The molecule has 96 valence electrons. The van der Waals surface area contributed by atoms with Gasteiger partial charge < -0.3 is 9.73 Å². The van der Waals surface area contributed by atoms with Crippen molar-refractivity contribution in [1.29, 1.82) is 0 Å². The number of hydrogen-bond donors (Lipinski definition) is 1. The molecule has 1 saturated heterocycles. The van der Waals surface area contributed by atoms with Crippen molar-refractivity contribution >= 4 is 0 Å². The third kappa shape index (κ3) is 3.54. The minimum atomic E-state index is 0.177. The Morgan fingerprint density at radius 1 is 1.53 bits per heavy atom. The molecular formula is C13H23N3O. The van der Waals surface area contributed by atoms with E-state index in [1.54, 1.807) is 0 Å². The molecule has 0 radical (unpaired) electrons. The van der Waals surface area contributed by atoms with Gasteiger partial charge in [0.1, 0.15) is 5.76 Å². The Bertz CT molecular complexity index is 359. The number of nitrogens with zero attached hydrogens (tertiary/aromatic N) is 2. The first-order chi connectivity index (χ1) is 8.09. The van der Waals surface area contributed by atoms with Crippen LogP contribution < -0.4 is 5.32 Å². The van der Waals surface area contributed by atoms with Gasteiger partial charge in [-0.25, -0.2) is 4.98 Å². The molecule has 1 aromatic rings. The van der Waals surface area contributed by atoms with Crippen LogP contribution in [0.15, 0.2) is 10.6 Å². The van der Waals surface area contributed by atoms with Crippen molar-refractivity contribution in [2.75, 3.05) is 19.6 Å². The van der Waals surface area contributed by atoms with Gasteiger partial charge in [0, 0.05) is 18.5 Å². The van der Waals surface area contributed by atoms with Crippen LogP contribution in [0.1, 0.15) is 38.8 Å².